The minimum absolute atomic E-state index is 0.113. The van der Waals surface area contributed by atoms with Crippen LogP contribution in [0.5, 0.6) is 5.75 Å². The van der Waals surface area contributed by atoms with Gasteiger partial charge in [-0.05, 0) is 18.1 Å². The SMILES string of the molecule is NC(=O)CCc1ccc(O)cc1F. The second-order valence-electron chi connectivity index (χ2n) is 2.74. The smallest absolute Gasteiger partial charge is 0.217 e. The Morgan fingerprint density at radius 1 is 1.54 bits per heavy atom. The third-order valence-electron chi connectivity index (χ3n) is 1.68. The van der Waals surface area contributed by atoms with Gasteiger partial charge in [0.15, 0.2) is 0 Å². The average molecular weight is 183 g/mol. The highest BCUT2D eigenvalue weighted by Crippen LogP contribution is 2.15. The highest BCUT2D eigenvalue weighted by Gasteiger charge is 2.04. The number of aryl methyl sites for hydroxylation is 1. The van der Waals surface area contributed by atoms with E-state index in [-0.39, 0.29) is 18.6 Å². The van der Waals surface area contributed by atoms with Crippen molar-refractivity contribution in [3.8, 4) is 5.75 Å². The van der Waals surface area contributed by atoms with Gasteiger partial charge in [-0.1, -0.05) is 6.07 Å². The molecular formula is C9H10FNO2. The summed E-state index contributed by atoms with van der Waals surface area (Å²) in [5.41, 5.74) is 5.30. The number of carbonyl (C=O) groups is 1. The lowest BCUT2D eigenvalue weighted by atomic mass is 10.1. The molecule has 0 atom stereocenters. The number of hydrogen-bond donors (Lipinski definition) is 2. The lowest BCUT2D eigenvalue weighted by Gasteiger charge is -2.01. The van der Waals surface area contributed by atoms with Crippen LogP contribution in [0.1, 0.15) is 12.0 Å². The largest absolute Gasteiger partial charge is 0.508 e. The highest BCUT2D eigenvalue weighted by molar-refractivity contribution is 5.74. The third-order valence-corrected chi connectivity index (χ3v) is 1.68. The van der Waals surface area contributed by atoms with Crippen LogP contribution >= 0.6 is 0 Å². The fourth-order valence-corrected chi connectivity index (χ4v) is 0.997. The van der Waals surface area contributed by atoms with Gasteiger partial charge in [0.05, 0.1) is 0 Å². The molecule has 1 rings (SSSR count). The number of halogens is 1. The molecule has 3 N–H and O–H groups in total. The molecule has 4 heteroatoms. The molecule has 0 radical (unpaired) electrons. The summed E-state index contributed by atoms with van der Waals surface area (Å²) in [6.45, 7) is 0. The van der Waals surface area contributed by atoms with E-state index in [9.17, 15) is 9.18 Å². The Bertz CT molecular complexity index is 325. The van der Waals surface area contributed by atoms with Gasteiger partial charge in [0, 0.05) is 12.5 Å². The van der Waals surface area contributed by atoms with Crippen LogP contribution in [-0.4, -0.2) is 11.0 Å². The summed E-state index contributed by atoms with van der Waals surface area (Å²) in [5, 5.41) is 8.88. The van der Waals surface area contributed by atoms with E-state index in [1.165, 1.54) is 12.1 Å². The molecule has 1 amide bonds. The number of hydrogen-bond acceptors (Lipinski definition) is 2. The second kappa shape index (κ2) is 3.89. The number of rotatable bonds is 3. The standard InChI is InChI=1S/C9H10FNO2/c10-8-5-7(12)3-1-6(8)2-4-9(11)13/h1,3,5,12H,2,4H2,(H2,11,13). The maximum Gasteiger partial charge on any atom is 0.217 e. The van der Waals surface area contributed by atoms with Crippen LogP contribution in [0.2, 0.25) is 0 Å². The van der Waals surface area contributed by atoms with Crippen molar-refractivity contribution in [1.29, 1.82) is 0 Å². The lowest BCUT2D eigenvalue weighted by molar-refractivity contribution is -0.117. The fourth-order valence-electron chi connectivity index (χ4n) is 0.997. The summed E-state index contributed by atoms with van der Waals surface area (Å²) in [6, 6.07) is 3.82. The molecule has 0 aliphatic carbocycles. The average Bonchev–Trinajstić information content (AvgIpc) is 2.02. The summed E-state index contributed by atoms with van der Waals surface area (Å²) >= 11 is 0. The Kier molecular flexibility index (Phi) is 2.84. The molecule has 0 spiro atoms. The number of amides is 1. The van der Waals surface area contributed by atoms with Gasteiger partial charge in [0.25, 0.3) is 0 Å². The number of carbonyl (C=O) groups excluding carboxylic acids is 1. The molecule has 1 aromatic rings. The second-order valence-corrected chi connectivity index (χ2v) is 2.74. The predicted molar refractivity (Wildman–Crippen MR) is 45.6 cm³/mol. The zero-order chi connectivity index (χ0) is 9.84. The van der Waals surface area contributed by atoms with E-state index in [0.717, 1.165) is 6.07 Å². The molecule has 0 aliphatic rings. The Morgan fingerprint density at radius 2 is 2.23 bits per heavy atom. The van der Waals surface area contributed by atoms with Crippen molar-refractivity contribution in [2.75, 3.05) is 0 Å². The van der Waals surface area contributed by atoms with Crippen LogP contribution in [0.4, 0.5) is 4.39 Å². The van der Waals surface area contributed by atoms with Gasteiger partial charge >= 0.3 is 0 Å². The van der Waals surface area contributed by atoms with Crippen molar-refractivity contribution in [1.82, 2.24) is 0 Å². The first-order chi connectivity index (χ1) is 6.09. The minimum atomic E-state index is -0.513. The zero-order valence-corrected chi connectivity index (χ0v) is 6.96. The molecule has 0 aromatic heterocycles. The summed E-state index contributed by atoms with van der Waals surface area (Å²) in [5.74, 6) is -1.10. The molecule has 70 valence electrons. The Labute approximate surface area is 75.0 Å². The Balaban J connectivity index is 2.72. The summed E-state index contributed by atoms with van der Waals surface area (Å²) < 4.78 is 13.0. The molecule has 0 saturated carbocycles. The number of phenols is 1. The molecule has 13 heavy (non-hydrogen) atoms. The minimum Gasteiger partial charge on any atom is -0.508 e. The fraction of sp³-hybridized carbons (Fsp3) is 0.222. The maximum absolute atomic E-state index is 13.0. The summed E-state index contributed by atoms with van der Waals surface area (Å²) in [4.78, 5) is 10.4. The molecule has 0 heterocycles. The molecule has 0 unspecified atom stereocenters. The molecule has 0 fully saturated rings. The van der Waals surface area contributed by atoms with Crippen LogP contribution in [0.25, 0.3) is 0 Å². The summed E-state index contributed by atoms with van der Waals surface area (Å²) in [6.07, 6.45) is 0.378. The van der Waals surface area contributed by atoms with Crippen molar-refractivity contribution in [2.45, 2.75) is 12.8 Å². The van der Waals surface area contributed by atoms with Gasteiger partial charge in [-0.2, -0.15) is 0 Å². The van der Waals surface area contributed by atoms with Crippen molar-refractivity contribution >= 4 is 5.91 Å². The number of nitrogens with two attached hydrogens (primary N) is 1. The normalized spacial score (nSPS) is 9.92. The zero-order valence-electron chi connectivity index (χ0n) is 6.96. The first-order valence-corrected chi connectivity index (χ1v) is 3.85. The van der Waals surface area contributed by atoms with Gasteiger partial charge in [0.2, 0.25) is 5.91 Å². The van der Waals surface area contributed by atoms with E-state index in [1.54, 1.807) is 0 Å². The van der Waals surface area contributed by atoms with Crippen LogP contribution in [0, 0.1) is 5.82 Å². The Morgan fingerprint density at radius 3 is 2.77 bits per heavy atom. The van der Waals surface area contributed by atoms with Crippen molar-refractivity contribution in [3.63, 3.8) is 0 Å². The van der Waals surface area contributed by atoms with Gasteiger partial charge in [-0.15, -0.1) is 0 Å². The van der Waals surface area contributed by atoms with E-state index < -0.39 is 11.7 Å². The van der Waals surface area contributed by atoms with Crippen LogP contribution in [0.15, 0.2) is 18.2 Å². The van der Waals surface area contributed by atoms with E-state index >= 15 is 0 Å². The quantitative estimate of drug-likeness (QED) is 0.732. The van der Waals surface area contributed by atoms with Gasteiger partial charge < -0.3 is 10.8 Å². The van der Waals surface area contributed by atoms with Crippen molar-refractivity contribution < 1.29 is 14.3 Å². The van der Waals surface area contributed by atoms with Gasteiger partial charge in [-0.25, -0.2) is 4.39 Å². The number of phenolic OH excluding ortho intramolecular Hbond substituents is 1. The van der Waals surface area contributed by atoms with E-state index in [1.807, 2.05) is 0 Å². The van der Waals surface area contributed by atoms with E-state index in [4.69, 9.17) is 10.8 Å². The van der Waals surface area contributed by atoms with Crippen LogP contribution in [0.3, 0.4) is 0 Å². The first kappa shape index (κ1) is 9.51. The molecule has 0 saturated heterocycles. The Hall–Kier alpha value is -1.58. The van der Waals surface area contributed by atoms with Crippen LogP contribution < -0.4 is 5.73 Å². The van der Waals surface area contributed by atoms with E-state index in [0.29, 0.717) is 5.56 Å². The topological polar surface area (TPSA) is 63.3 Å². The molecule has 0 aliphatic heterocycles. The van der Waals surface area contributed by atoms with Gasteiger partial charge in [0.1, 0.15) is 11.6 Å². The lowest BCUT2D eigenvalue weighted by Crippen LogP contribution is -2.11. The number of primary amides is 1. The molecular weight excluding hydrogens is 173 g/mol. The monoisotopic (exact) mass is 183 g/mol. The third kappa shape index (κ3) is 2.74. The molecule has 3 nitrogen and oxygen atoms in total. The van der Waals surface area contributed by atoms with Crippen LogP contribution in [-0.2, 0) is 11.2 Å². The molecule has 1 aromatic carbocycles. The maximum atomic E-state index is 13.0. The highest BCUT2D eigenvalue weighted by atomic mass is 19.1. The number of benzene rings is 1. The van der Waals surface area contributed by atoms with Gasteiger partial charge in [-0.3, -0.25) is 4.79 Å². The van der Waals surface area contributed by atoms with Crippen molar-refractivity contribution in [3.05, 3.63) is 29.6 Å². The first-order valence-electron chi connectivity index (χ1n) is 3.85. The number of aromatic hydroxyl groups is 1. The van der Waals surface area contributed by atoms with E-state index in [2.05, 4.69) is 0 Å². The van der Waals surface area contributed by atoms with Crippen molar-refractivity contribution in [2.24, 2.45) is 5.73 Å². The summed E-state index contributed by atoms with van der Waals surface area (Å²) in [7, 11) is 0. The molecule has 0 bridgehead atoms. The predicted octanol–water partition coefficient (Wildman–Crippen LogP) is 0.949.